The Morgan fingerprint density at radius 1 is 0.933 bits per heavy atom. The fourth-order valence-corrected chi connectivity index (χ4v) is 5.11. The van der Waals surface area contributed by atoms with Crippen LogP contribution in [0.2, 0.25) is 0 Å². The van der Waals surface area contributed by atoms with E-state index < -0.39 is 10.0 Å². The summed E-state index contributed by atoms with van der Waals surface area (Å²) in [6, 6.07) is 12.6. The first kappa shape index (κ1) is 20.7. The third kappa shape index (κ3) is 4.44. The first-order chi connectivity index (χ1) is 14.4. The predicted octanol–water partition coefficient (Wildman–Crippen LogP) is 2.23. The second kappa shape index (κ2) is 8.65. The van der Waals surface area contributed by atoms with Crippen molar-refractivity contribution in [1.82, 2.24) is 9.21 Å². The highest BCUT2D eigenvalue weighted by atomic mass is 32.2. The zero-order valence-corrected chi connectivity index (χ0v) is 17.9. The van der Waals surface area contributed by atoms with E-state index in [9.17, 15) is 13.2 Å². The zero-order valence-electron chi connectivity index (χ0n) is 17.0. The summed E-state index contributed by atoms with van der Waals surface area (Å²) in [5.74, 6) is 1.50. The monoisotopic (exact) mass is 430 g/mol. The standard InChI is InChI=1S/C22H26N2O5S/c1-17-2-6-19(7-3-17)30(26,27)24-12-10-23(11-13-24)22(25)9-5-18-4-8-20-21(16-18)29-15-14-28-20/h2-4,6-8,16H,5,9-15H2,1H3. The third-order valence-electron chi connectivity index (χ3n) is 5.48. The maximum atomic E-state index is 12.8. The summed E-state index contributed by atoms with van der Waals surface area (Å²) < 4.78 is 38.2. The number of ether oxygens (including phenoxy) is 2. The smallest absolute Gasteiger partial charge is 0.243 e. The molecule has 1 saturated heterocycles. The molecular formula is C22H26N2O5S. The van der Waals surface area contributed by atoms with Crippen molar-refractivity contribution in [3.8, 4) is 11.5 Å². The molecule has 0 unspecified atom stereocenters. The van der Waals surface area contributed by atoms with Crippen LogP contribution in [-0.4, -0.2) is 62.9 Å². The number of hydrogen-bond donors (Lipinski definition) is 0. The third-order valence-corrected chi connectivity index (χ3v) is 7.40. The number of hydrogen-bond acceptors (Lipinski definition) is 5. The first-order valence-electron chi connectivity index (χ1n) is 10.2. The van der Waals surface area contributed by atoms with E-state index in [4.69, 9.17) is 9.47 Å². The van der Waals surface area contributed by atoms with Crippen molar-refractivity contribution in [2.45, 2.75) is 24.7 Å². The number of piperazine rings is 1. The molecule has 0 N–H and O–H groups in total. The molecule has 0 atom stereocenters. The second-order valence-corrected chi connectivity index (χ2v) is 9.51. The molecule has 2 aliphatic heterocycles. The van der Waals surface area contributed by atoms with Gasteiger partial charge in [0.2, 0.25) is 15.9 Å². The molecule has 7 nitrogen and oxygen atoms in total. The van der Waals surface area contributed by atoms with Crippen molar-refractivity contribution in [3.63, 3.8) is 0 Å². The minimum absolute atomic E-state index is 0.0391. The molecule has 0 aromatic heterocycles. The van der Waals surface area contributed by atoms with E-state index in [1.807, 2.05) is 25.1 Å². The lowest BCUT2D eigenvalue weighted by Crippen LogP contribution is -2.50. The molecule has 0 saturated carbocycles. The number of sulfonamides is 1. The van der Waals surface area contributed by atoms with E-state index in [2.05, 4.69) is 0 Å². The Morgan fingerprint density at radius 2 is 1.60 bits per heavy atom. The van der Waals surface area contributed by atoms with E-state index in [0.29, 0.717) is 57.1 Å². The number of fused-ring (bicyclic) bond motifs is 1. The highest BCUT2D eigenvalue weighted by Crippen LogP contribution is 2.31. The van der Waals surface area contributed by atoms with Gasteiger partial charge in [-0.25, -0.2) is 8.42 Å². The Morgan fingerprint density at radius 3 is 2.30 bits per heavy atom. The molecule has 2 aliphatic rings. The Labute approximate surface area is 177 Å². The summed E-state index contributed by atoms with van der Waals surface area (Å²) >= 11 is 0. The van der Waals surface area contributed by atoms with Crippen molar-refractivity contribution in [2.24, 2.45) is 0 Å². The average molecular weight is 431 g/mol. The van der Waals surface area contributed by atoms with Gasteiger partial charge in [-0.1, -0.05) is 23.8 Å². The molecule has 0 radical (unpaired) electrons. The van der Waals surface area contributed by atoms with E-state index in [1.165, 1.54) is 4.31 Å². The van der Waals surface area contributed by atoms with Crippen LogP contribution in [0.4, 0.5) is 0 Å². The quantitative estimate of drug-likeness (QED) is 0.727. The van der Waals surface area contributed by atoms with Crippen LogP contribution in [0, 0.1) is 6.92 Å². The number of carbonyl (C=O) groups excluding carboxylic acids is 1. The van der Waals surface area contributed by atoms with Crippen LogP contribution >= 0.6 is 0 Å². The molecule has 0 bridgehead atoms. The maximum Gasteiger partial charge on any atom is 0.243 e. The maximum absolute atomic E-state index is 12.8. The summed E-state index contributed by atoms with van der Waals surface area (Å²) in [4.78, 5) is 14.7. The van der Waals surface area contributed by atoms with Gasteiger partial charge < -0.3 is 14.4 Å². The zero-order chi connectivity index (χ0) is 21.1. The molecule has 2 aromatic rings. The lowest BCUT2D eigenvalue weighted by atomic mass is 10.1. The molecule has 2 heterocycles. The van der Waals surface area contributed by atoms with Gasteiger partial charge in [-0.05, 0) is 43.2 Å². The number of carbonyl (C=O) groups is 1. The molecule has 1 fully saturated rings. The normalized spacial score (nSPS) is 17.0. The molecule has 0 spiro atoms. The first-order valence-corrected chi connectivity index (χ1v) is 11.6. The van der Waals surface area contributed by atoms with E-state index in [-0.39, 0.29) is 5.91 Å². The average Bonchev–Trinajstić information content (AvgIpc) is 2.77. The molecular weight excluding hydrogens is 404 g/mol. The Bertz CT molecular complexity index is 1010. The fraction of sp³-hybridized carbons (Fsp3) is 0.409. The van der Waals surface area contributed by atoms with Gasteiger partial charge in [0, 0.05) is 32.6 Å². The Hall–Kier alpha value is -2.58. The molecule has 1 amide bonds. The summed E-state index contributed by atoms with van der Waals surface area (Å²) in [6.07, 6.45) is 0.988. The molecule has 0 aliphatic carbocycles. The van der Waals surface area contributed by atoms with E-state index in [0.717, 1.165) is 22.6 Å². The SMILES string of the molecule is Cc1ccc(S(=O)(=O)N2CCN(C(=O)CCc3ccc4c(c3)OCCO4)CC2)cc1. The highest BCUT2D eigenvalue weighted by Gasteiger charge is 2.29. The number of benzene rings is 2. The van der Waals surface area contributed by atoms with Crippen LogP contribution in [-0.2, 0) is 21.2 Å². The van der Waals surface area contributed by atoms with Gasteiger partial charge in [-0.2, -0.15) is 4.31 Å². The number of rotatable bonds is 5. The fourth-order valence-electron chi connectivity index (χ4n) is 3.69. The largest absolute Gasteiger partial charge is 0.486 e. The molecule has 160 valence electrons. The summed E-state index contributed by atoms with van der Waals surface area (Å²) in [7, 11) is -3.52. The van der Waals surface area contributed by atoms with Crippen molar-refractivity contribution in [1.29, 1.82) is 0 Å². The minimum Gasteiger partial charge on any atom is -0.486 e. The van der Waals surface area contributed by atoms with Gasteiger partial charge in [0.1, 0.15) is 13.2 Å². The van der Waals surface area contributed by atoms with Crippen LogP contribution in [0.15, 0.2) is 47.4 Å². The second-order valence-electron chi connectivity index (χ2n) is 7.58. The lowest BCUT2D eigenvalue weighted by Gasteiger charge is -2.34. The summed E-state index contributed by atoms with van der Waals surface area (Å²) in [5, 5.41) is 0. The highest BCUT2D eigenvalue weighted by molar-refractivity contribution is 7.89. The molecule has 30 heavy (non-hydrogen) atoms. The summed E-state index contributed by atoms with van der Waals surface area (Å²) in [6.45, 7) is 4.45. The predicted molar refractivity (Wildman–Crippen MR) is 112 cm³/mol. The van der Waals surface area contributed by atoms with Crippen molar-refractivity contribution < 1.29 is 22.7 Å². The molecule has 4 rings (SSSR count). The lowest BCUT2D eigenvalue weighted by molar-refractivity contribution is -0.132. The Kier molecular flexibility index (Phi) is 5.97. The van der Waals surface area contributed by atoms with Gasteiger partial charge in [0.05, 0.1) is 4.90 Å². The van der Waals surface area contributed by atoms with Gasteiger partial charge in [0.15, 0.2) is 11.5 Å². The van der Waals surface area contributed by atoms with Gasteiger partial charge in [-0.15, -0.1) is 0 Å². The van der Waals surface area contributed by atoms with Crippen LogP contribution in [0.3, 0.4) is 0 Å². The Balaban J connectivity index is 1.30. The minimum atomic E-state index is -3.52. The topological polar surface area (TPSA) is 76.2 Å². The van der Waals surface area contributed by atoms with Crippen LogP contribution in [0.5, 0.6) is 11.5 Å². The summed E-state index contributed by atoms with van der Waals surface area (Å²) in [5.41, 5.74) is 2.04. The number of amides is 1. The van der Waals surface area contributed by atoms with Crippen molar-refractivity contribution in [2.75, 3.05) is 39.4 Å². The van der Waals surface area contributed by atoms with Crippen molar-refractivity contribution >= 4 is 15.9 Å². The number of nitrogens with zero attached hydrogens (tertiary/aromatic N) is 2. The van der Waals surface area contributed by atoms with Gasteiger partial charge >= 0.3 is 0 Å². The van der Waals surface area contributed by atoms with Crippen LogP contribution in [0.1, 0.15) is 17.5 Å². The molecule has 2 aromatic carbocycles. The van der Waals surface area contributed by atoms with Gasteiger partial charge in [0.25, 0.3) is 0 Å². The van der Waals surface area contributed by atoms with Crippen LogP contribution < -0.4 is 9.47 Å². The van der Waals surface area contributed by atoms with Crippen LogP contribution in [0.25, 0.3) is 0 Å². The van der Waals surface area contributed by atoms with Crippen molar-refractivity contribution in [3.05, 3.63) is 53.6 Å². The number of aryl methyl sites for hydroxylation is 2. The van der Waals surface area contributed by atoms with E-state index >= 15 is 0 Å². The van der Waals surface area contributed by atoms with E-state index in [1.54, 1.807) is 29.2 Å². The molecule has 8 heteroatoms. The van der Waals surface area contributed by atoms with Gasteiger partial charge in [-0.3, -0.25) is 4.79 Å².